The third-order valence-corrected chi connectivity index (χ3v) is 4.77. The molecule has 1 aromatic rings. The van der Waals surface area contributed by atoms with Crippen LogP contribution in [0.15, 0.2) is 12.1 Å². The summed E-state index contributed by atoms with van der Waals surface area (Å²) in [5, 5.41) is 3.13. The summed E-state index contributed by atoms with van der Waals surface area (Å²) in [5.41, 5.74) is 0.468. The zero-order valence-electron chi connectivity index (χ0n) is 14.6. The molecule has 1 aliphatic heterocycles. The van der Waals surface area contributed by atoms with Gasteiger partial charge in [-0.15, -0.1) is 0 Å². The van der Waals surface area contributed by atoms with Crippen LogP contribution in [0.1, 0.15) is 29.6 Å². The molecular weight excluding hydrogens is 308 g/mol. The smallest absolute Gasteiger partial charge is 0.255 e. The first-order valence-electron chi connectivity index (χ1n) is 8.48. The Morgan fingerprint density at radius 1 is 1.12 bits per heavy atom. The molecule has 0 spiro atoms. The van der Waals surface area contributed by atoms with Gasteiger partial charge in [-0.05, 0) is 37.3 Å². The van der Waals surface area contributed by atoms with Gasteiger partial charge in [-0.1, -0.05) is 0 Å². The minimum atomic E-state index is -0.133. The van der Waals surface area contributed by atoms with E-state index in [0.29, 0.717) is 22.8 Å². The first-order valence-corrected chi connectivity index (χ1v) is 8.48. The lowest BCUT2D eigenvalue weighted by atomic mass is 10.1. The fraction of sp³-hybridized carbons (Fsp3) is 0.611. The van der Waals surface area contributed by atoms with E-state index >= 15 is 0 Å². The Balaban J connectivity index is 1.68. The highest BCUT2D eigenvalue weighted by molar-refractivity contribution is 5.98. The van der Waals surface area contributed by atoms with Crippen LogP contribution in [0.5, 0.6) is 17.2 Å². The lowest BCUT2D eigenvalue weighted by Gasteiger charge is -2.18. The monoisotopic (exact) mass is 334 g/mol. The number of ether oxygens (including phenoxy) is 3. The number of benzene rings is 1. The standard InChI is InChI=1S/C18H26N2O4/c1-22-15-7-6-14(16(23-2)17(15)24-3)18(21)19-13-8-9-20(11-13)10-12-4-5-12/h6-7,12-13H,4-5,8-11H2,1-3H3,(H,19,21). The summed E-state index contributed by atoms with van der Waals surface area (Å²) in [6.07, 6.45) is 3.71. The van der Waals surface area contributed by atoms with Crippen LogP contribution in [0.3, 0.4) is 0 Å². The van der Waals surface area contributed by atoms with E-state index in [1.807, 2.05) is 0 Å². The third kappa shape index (κ3) is 3.59. The van der Waals surface area contributed by atoms with E-state index in [1.54, 1.807) is 19.2 Å². The van der Waals surface area contributed by atoms with E-state index in [0.717, 1.165) is 25.4 Å². The lowest BCUT2D eigenvalue weighted by molar-refractivity contribution is 0.0934. The first kappa shape index (κ1) is 16.9. The van der Waals surface area contributed by atoms with E-state index in [-0.39, 0.29) is 11.9 Å². The summed E-state index contributed by atoms with van der Waals surface area (Å²) in [6, 6.07) is 3.63. The summed E-state index contributed by atoms with van der Waals surface area (Å²) in [7, 11) is 4.62. The van der Waals surface area contributed by atoms with Gasteiger partial charge in [-0.2, -0.15) is 0 Å². The predicted molar refractivity (Wildman–Crippen MR) is 91.1 cm³/mol. The maximum atomic E-state index is 12.7. The van der Waals surface area contributed by atoms with Crippen molar-refractivity contribution in [3.05, 3.63) is 17.7 Å². The van der Waals surface area contributed by atoms with Crippen molar-refractivity contribution in [2.24, 2.45) is 5.92 Å². The maximum Gasteiger partial charge on any atom is 0.255 e. The number of nitrogens with one attached hydrogen (secondary N) is 1. The van der Waals surface area contributed by atoms with Gasteiger partial charge < -0.3 is 24.4 Å². The highest BCUT2D eigenvalue weighted by atomic mass is 16.5. The van der Waals surface area contributed by atoms with Crippen LogP contribution in [0.25, 0.3) is 0 Å². The van der Waals surface area contributed by atoms with Crippen molar-refractivity contribution in [3.8, 4) is 17.2 Å². The number of rotatable bonds is 7. The number of amides is 1. The molecule has 0 aromatic heterocycles. The number of nitrogens with zero attached hydrogens (tertiary/aromatic N) is 1. The average molecular weight is 334 g/mol. The van der Waals surface area contributed by atoms with Gasteiger partial charge in [0.25, 0.3) is 5.91 Å². The normalized spacial score (nSPS) is 20.7. The van der Waals surface area contributed by atoms with Crippen LogP contribution in [0.2, 0.25) is 0 Å². The van der Waals surface area contributed by atoms with E-state index in [4.69, 9.17) is 14.2 Å². The molecule has 2 aliphatic rings. The van der Waals surface area contributed by atoms with Gasteiger partial charge in [0.2, 0.25) is 5.75 Å². The van der Waals surface area contributed by atoms with Gasteiger partial charge in [-0.25, -0.2) is 0 Å². The van der Waals surface area contributed by atoms with Crippen molar-refractivity contribution < 1.29 is 19.0 Å². The fourth-order valence-corrected chi connectivity index (χ4v) is 3.33. The van der Waals surface area contributed by atoms with Crippen LogP contribution < -0.4 is 19.5 Å². The van der Waals surface area contributed by atoms with Crippen molar-refractivity contribution in [1.29, 1.82) is 0 Å². The van der Waals surface area contributed by atoms with Crippen LogP contribution in [0, 0.1) is 5.92 Å². The first-order chi connectivity index (χ1) is 11.7. The van der Waals surface area contributed by atoms with Gasteiger partial charge in [0, 0.05) is 25.7 Å². The molecule has 24 heavy (non-hydrogen) atoms. The van der Waals surface area contributed by atoms with E-state index in [9.17, 15) is 4.79 Å². The van der Waals surface area contributed by atoms with Crippen molar-refractivity contribution in [2.45, 2.75) is 25.3 Å². The van der Waals surface area contributed by atoms with Crippen molar-refractivity contribution >= 4 is 5.91 Å². The van der Waals surface area contributed by atoms with Gasteiger partial charge >= 0.3 is 0 Å². The average Bonchev–Trinajstić information content (AvgIpc) is 3.31. The molecule has 1 amide bonds. The largest absolute Gasteiger partial charge is 0.493 e. The molecule has 132 valence electrons. The number of likely N-dealkylation sites (tertiary alicyclic amines) is 1. The Bertz CT molecular complexity index is 601. The second kappa shape index (κ2) is 7.30. The van der Waals surface area contributed by atoms with Crippen molar-refractivity contribution in [2.75, 3.05) is 41.0 Å². The second-order valence-electron chi connectivity index (χ2n) is 6.54. The molecule has 1 aliphatic carbocycles. The molecule has 1 aromatic carbocycles. The molecule has 6 nitrogen and oxygen atoms in total. The molecular formula is C18H26N2O4. The fourth-order valence-electron chi connectivity index (χ4n) is 3.33. The number of hydrogen-bond acceptors (Lipinski definition) is 5. The Morgan fingerprint density at radius 3 is 2.50 bits per heavy atom. The van der Waals surface area contributed by atoms with Crippen LogP contribution in [-0.2, 0) is 0 Å². The predicted octanol–water partition coefficient (Wildman–Crippen LogP) is 1.93. The van der Waals surface area contributed by atoms with E-state index < -0.39 is 0 Å². The molecule has 1 atom stereocenters. The third-order valence-electron chi connectivity index (χ3n) is 4.77. The van der Waals surface area contributed by atoms with Gasteiger partial charge in [0.1, 0.15) is 0 Å². The van der Waals surface area contributed by atoms with Gasteiger partial charge in [0.05, 0.1) is 26.9 Å². The zero-order valence-corrected chi connectivity index (χ0v) is 14.6. The molecule has 0 bridgehead atoms. The highest BCUT2D eigenvalue weighted by Gasteiger charge is 2.30. The quantitative estimate of drug-likeness (QED) is 0.826. The Morgan fingerprint density at radius 2 is 1.88 bits per heavy atom. The van der Waals surface area contributed by atoms with E-state index in [2.05, 4.69) is 10.2 Å². The summed E-state index contributed by atoms with van der Waals surface area (Å²) in [5.74, 6) is 2.13. The van der Waals surface area contributed by atoms with Gasteiger partial charge in [0.15, 0.2) is 11.5 Å². The molecule has 1 unspecified atom stereocenters. The van der Waals surface area contributed by atoms with Crippen molar-refractivity contribution in [3.63, 3.8) is 0 Å². The van der Waals surface area contributed by atoms with Gasteiger partial charge in [-0.3, -0.25) is 4.79 Å². The van der Waals surface area contributed by atoms with Crippen LogP contribution >= 0.6 is 0 Å². The summed E-state index contributed by atoms with van der Waals surface area (Å²) >= 11 is 0. The maximum absolute atomic E-state index is 12.7. The molecule has 0 radical (unpaired) electrons. The molecule has 6 heteroatoms. The molecule has 1 heterocycles. The second-order valence-corrected chi connectivity index (χ2v) is 6.54. The SMILES string of the molecule is COc1ccc(C(=O)NC2CCN(CC3CC3)C2)c(OC)c1OC. The minimum Gasteiger partial charge on any atom is -0.493 e. The van der Waals surface area contributed by atoms with Crippen LogP contribution in [0.4, 0.5) is 0 Å². The van der Waals surface area contributed by atoms with E-state index in [1.165, 1.54) is 33.6 Å². The Labute approximate surface area is 143 Å². The summed E-state index contributed by atoms with van der Waals surface area (Å²) in [6.45, 7) is 3.16. The molecule has 1 saturated heterocycles. The number of carbonyl (C=O) groups is 1. The Hall–Kier alpha value is -1.95. The lowest BCUT2D eigenvalue weighted by Crippen LogP contribution is -2.37. The minimum absolute atomic E-state index is 0.133. The molecule has 2 fully saturated rings. The number of hydrogen-bond donors (Lipinski definition) is 1. The Kier molecular flexibility index (Phi) is 5.14. The van der Waals surface area contributed by atoms with Crippen molar-refractivity contribution in [1.82, 2.24) is 10.2 Å². The summed E-state index contributed by atoms with van der Waals surface area (Å²) in [4.78, 5) is 15.1. The topological polar surface area (TPSA) is 60.0 Å². The molecule has 1 N–H and O–H groups in total. The number of carbonyl (C=O) groups excluding carboxylic acids is 1. The van der Waals surface area contributed by atoms with Crippen LogP contribution in [-0.4, -0.2) is 57.8 Å². The summed E-state index contributed by atoms with van der Waals surface area (Å²) < 4.78 is 16.0. The molecule has 3 rings (SSSR count). The molecule has 1 saturated carbocycles. The number of methoxy groups -OCH3 is 3. The zero-order chi connectivity index (χ0) is 17.1. The highest BCUT2D eigenvalue weighted by Crippen LogP contribution is 2.39.